The van der Waals surface area contributed by atoms with E-state index in [2.05, 4.69) is 5.32 Å². The molecule has 14 heteroatoms. The molecule has 46 heavy (non-hydrogen) atoms. The van der Waals surface area contributed by atoms with Crippen LogP contribution in [0, 0.1) is 0 Å². The van der Waals surface area contributed by atoms with Gasteiger partial charge < -0.3 is 15.2 Å². The molecule has 0 spiro atoms. The zero-order valence-corrected chi connectivity index (χ0v) is 23.4. The number of carbonyl (C=O) groups excluding carboxylic acids is 2. The first-order chi connectivity index (χ1) is 21.4. The topological polar surface area (TPSA) is 75.6 Å². The van der Waals surface area contributed by atoms with Crippen LogP contribution in [0.25, 0.3) is 22.3 Å². The van der Waals surface area contributed by atoms with Crippen molar-refractivity contribution in [3.05, 3.63) is 113 Å². The lowest BCUT2D eigenvalue weighted by Gasteiger charge is -2.18. The van der Waals surface area contributed by atoms with Crippen molar-refractivity contribution in [2.45, 2.75) is 31.0 Å². The quantitative estimate of drug-likeness (QED) is 0.155. The molecule has 0 heterocycles. The van der Waals surface area contributed by atoms with Crippen molar-refractivity contribution in [2.24, 2.45) is 0 Å². The number of phenols is 1. The number of carbonyl (C=O) groups is 2. The van der Waals surface area contributed by atoms with Crippen LogP contribution in [0.15, 0.2) is 84.9 Å². The summed E-state index contributed by atoms with van der Waals surface area (Å²) in [5.41, 5.74) is -4.06. The third kappa shape index (κ3) is 7.98. The van der Waals surface area contributed by atoms with Gasteiger partial charge in [0.1, 0.15) is 11.8 Å². The number of halogens is 9. The van der Waals surface area contributed by atoms with Crippen LogP contribution in [0.3, 0.4) is 0 Å². The normalized spacial score (nSPS) is 12.8. The molecule has 242 valence electrons. The van der Waals surface area contributed by atoms with Crippen molar-refractivity contribution >= 4 is 11.9 Å². The fraction of sp³-hybridized carbons (Fsp3) is 0.188. The fourth-order valence-corrected chi connectivity index (χ4v) is 4.53. The number of methoxy groups -OCH3 is 1. The number of aromatic hydroxyl groups is 1. The lowest BCUT2D eigenvalue weighted by Crippen LogP contribution is -2.43. The summed E-state index contributed by atoms with van der Waals surface area (Å²) in [6.45, 7) is 0. The highest BCUT2D eigenvalue weighted by atomic mass is 19.4. The summed E-state index contributed by atoms with van der Waals surface area (Å²) in [7, 11) is 1.03. The van der Waals surface area contributed by atoms with Crippen LogP contribution >= 0.6 is 0 Å². The largest absolute Gasteiger partial charge is 0.507 e. The van der Waals surface area contributed by atoms with Gasteiger partial charge in [-0.25, -0.2) is 4.79 Å². The summed E-state index contributed by atoms with van der Waals surface area (Å²) in [6, 6.07) is 12.7. The Hall–Kier alpha value is -5.01. The van der Waals surface area contributed by atoms with Crippen LogP contribution in [0.4, 0.5) is 39.5 Å². The Bertz CT molecular complexity index is 1710. The number of alkyl halides is 9. The molecule has 1 amide bonds. The van der Waals surface area contributed by atoms with Gasteiger partial charge >= 0.3 is 24.5 Å². The molecule has 1 unspecified atom stereocenters. The minimum Gasteiger partial charge on any atom is -0.507 e. The molecule has 2 N–H and O–H groups in total. The number of nitrogens with one attached hydrogen (secondary N) is 1. The van der Waals surface area contributed by atoms with Gasteiger partial charge in [-0.15, -0.1) is 0 Å². The lowest BCUT2D eigenvalue weighted by molar-refractivity contribution is -0.144. The van der Waals surface area contributed by atoms with Crippen LogP contribution in [0.5, 0.6) is 5.75 Å². The Kier molecular flexibility index (Phi) is 9.41. The molecule has 1 atom stereocenters. The molecular weight excluding hydrogens is 633 g/mol. The maximum atomic E-state index is 13.3. The number of amides is 1. The molecule has 0 fully saturated rings. The van der Waals surface area contributed by atoms with Gasteiger partial charge in [-0.05, 0) is 70.3 Å². The molecule has 0 radical (unpaired) electrons. The van der Waals surface area contributed by atoms with E-state index in [-0.39, 0.29) is 40.3 Å². The Morgan fingerprint density at radius 3 is 1.74 bits per heavy atom. The number of benzene rings is 4. The highest BCUT2D eigenvalue weighted by Gasteiger charge is 2.37. The smallest absolute Gasteiger partial charge is 0.416 e. The Labute approximate surface area is 255 Å². The van der Waals surface area contributed by atoms with E-state index >= 15 is 0 Å². The second kappa shape index (κ2) is 12.8. The van der Waals surface area contributed by atoms with E-state index < -0.39 is 58.9 Å². The average molecular weight is 656 g/mol. The maximum Gasteiger partial charge on any atom is 0.416 e. The summed E-state index contributed by atoms with van der Waals surface area (Å²) in [5, 5.41) is 12.7. The van der Waals surface area contributed by atoms with Crippen LogP contribution in [-0.2, 0) is 34.5 Å². The zero-order chi connectivity index (χ0) is 34.0. The lowest BCUT2D eigenvalue weighted by atomic mass is 9.97. The van der Waals surface area contributed by atoms with E-state index in [1.165, 1.54) is 42.5 Å². The number of phenolic OH excluding ortho intramolecular Hbond substituents is 1. The predicted molar refractivity (Wildman–Crippen MR) is 147 cm³/mol. The van der Waals surface area contributed by atoms with Gasteiger partial charge in [0, 0.05) is 6.42 Å². The fourth-order valence-electron chi connectivity index (χ4n) is 4.53. The molecule has 0 aliphatic heterocycles. The van der Waals surface area contributed by atoms with Gasteiger partial charge in [-0.3, -0.25) is 4.79 Å². The summed E-state index contributed by atoms with van der Waals surface area (Å²) in [5.74, 6) is -2.46. The molecule has 4 aromatic carbocycles. The Morgan fingerprint density at radius 1 is 0.674 bits per heavy atom. The molecule has 0 saturated carbocycles. The summed E-state index contributed by atoms with van der Waals surface area (Å²) in [4.78, 5) is 25.6. The molecule has 0 aliphatic rings. The number of hydrogen-bond donors (Lipinski definition) is 2. The molecule has 0 bridgehead atoms. The number of ether oxygens (including phenoxy) is 1. The minimum absolute atomic E-state index is 0.00855. The van der Waals surface area contributed by atoms with Crippen molar-refractivity contribution in [1.29, 1.82) is 0 Å². The standard InChI is InChI=1S/C32H22F9NO4/c1-46-29(45)26(42-28(44)25-15-20(9-10-27(25)43)19-3-2-4-22(12-19)30(33,34)35)11-17-5-7-18(8-6-17)21-13-23(31(36,37)38)16-24(14-21)32(39,40)41/h2-10,12-16,26,43H,11H2,1H3,(H,42,44). The highest BCUT2D eigenvalue weighted by Crippen LogP contribution is 2.39. The first-order valence-electron chi connectivity index (χ1n) is 13.1. The van der Waals surface area contributed by atoms with E-state index in [9.17, 15) is 54.2 Å². The molecule has 4 aromatic rings. The Balaban J connectivity index is 1.58. The summed E-state index contributed by atoms with van der Waals surface area (Å²) >= 11 is 0. The summed E-state index contributed by atoms with van der Waals surface area (Å²) in [6.07, 6.45) is -15.0. The van der Waals surface area contributed by atoms with E-state index in [0.29, 0.717) is 17.7 Å². The van der Waals surface area contributed by atoms with Gasteiger partial charge in [0.25, 0.3) is 5.91 Å². The molecule has 4 rings (SSSR count). The van der Waals surface area contributed by atoms with Crippen molar-refractivity contribution in [3.8, 4) is 28.0 Å². The zero-order valence-electron chi connectivity index (χ0n) is 23.4. The van der Waals surface area contributed by atoms with Crippen LogP contribution in [-0.4, -0.2) is 30.1 Å². The SMILES string of the molecule is COC(=O)C(Cc1ccc(-c2cc(C(F)(F)F)cc(C(F)(F)F)c2)cc1)NC(=O)c1cc(-c2cccc(C(F)(F)F)c2)ccc1O. The van der Waals surface area contributed by atoms with E-state index in [1.54, 1.807) is 0 Å². The monoisotopic (exact) mass is 655 g/mol. The van der Waals surface area contributed by atoms with Crippen LogP contribution in [0.1, 0.15) is 32.6 Å². The van der Waals surface area contributed by atoms with Crippen molar-refractivity contribution in [2.75, 3.05) is 7.11 Å². The summed E-state index contributed by atoms with van der Waals surface area (Å²) < 4.78 is 124. The minimum atomic E-state index is -5.04. The van der Waals surface area contributed by atoms with Gasteiger partial charge in [0.2, 0.25) is 0 Å². The predicted octanol–water partition coefficient (Wildman–Crippen LogP) is 8.30. The van der Waals surface area contributed by atoms with Crippen molar-refractivity contribution in [3.63, 3.8) is 0 Å². The van der Waals surface area contributed by atoms with Gasteiger partial charge in [-0.2, -0.15) is 39.5 Å². The van der Waals surface area contributed by atoms with Gasteiger partial charge in [-0.1, -0.05) is 42.5 Å². The molecule has 0 aromatic heterocycles. The van der Waals surface area contributed by atoms with E-state index in [0.717, 1.165) is 31.4 Å². The second-order valence-corrected chi connectivity index (χ2v) is 10.1. The highest BCUT2D eigenvalue weighted by molar-refractivity contribution is 6.00. The molecule has 0 saturated heterocycles. The number of esters is 1. The van der Waals surface area contributed by atoms with E-state index in [1.807, 2.05) is 0 Å². The maximum absolute atomic E-state index is 13.3. The van der Waals surface area contributed by atoms with Crippen LogP contribution in [0.2, 0.25) is 0 Å². The molecular formula is C32H22F9NO4. The third-order valence-corrected chi connectivity index (χ3v) is 6.87. The number of hydrogen-bond acceptors (Lipinski definition) is 4. The van der Waals surface area contributed by atoms with Crippen LogP contribution < -0.4 is 5.32 Å². The first kappa shape index (κ1) is 33.9. The second-order valence-electron chi connectivity index (χ2n) is 10.1. The van der Waals surface area contributed by atoms with Gasteiger partial charge in [0.05, 0.1) is 29.4 Å². The van der Waals surface area contributed by atoms with E-state index in [4.69, 9.17) is 4.74 Å². The first-order valence-corrected chi connectivity index (χ1v) is 13.1. The average Bonchev–Trinajstić information content (AvgIpc) is 2.99. The third-order valence-electron chi connectivity index (χ3n) is 6.87. The molecule has 0 aliphatic carbocycles. The van der Waals surface area contributed by atoms with Crippen molar-refractivity contribution < 1.29 is 58.9 Å². The van der Waals surface area contributed by atoms with Gasteiger partial charge in [0.15, 0.2) is 0 Å². The number of rotatable bonds is 7. The van der Waals surface area contributed by atoms with Crippen molar-refractivity contribution in [1.82, 2.24) is 5.32 Å². The Morgan fingerprint density at radius 2 is 1.20 bits per heavy atom. The molecule has 5 nitrogen and oxygen atoms in total.